The topological polar surface area (TPSA) is 0 Å². The van der Waals surface area contributed by atoms with E-state index >= 15 is 0 Å². The van der Waals surface area contributed by atoms with Gasteiger partial charge in [-0.15, -0.1) is 0 Å². The molecule has 0 nitrogen and oxygen atoms in total. The third-order valence-electron chi connectivity index (χ3n) is 1.76. The predicted molar refractivity (Wildman–Crippen MR) is 34.8 cm³/mol. The van der Waals surface area contributed by atoms with Crippen molar-refractivity contribution in [3.05, 3.63) is 5.92 Å². The Bertz CT molecular complexity index is 155. The van der Waals surface area contributed by atoms with Crippen molar-refractivity contribution in [3.8, 4) is 0 Å². The summed E-state index contributed by atoms with van der Waals surface area (Å²) in [5, 5.41) is 0. The third-order valence-corrected chi connectivity index (χ3v) is 1.76. The van der Waals surface area contributed by atoms with E-state index in [0.717, 1.165) is 6.92 Å². The predicted octanol–water partition coefficient (Wildman–Crippen LogP) is 3.73. The number of hydrogen-bond acceptors (Lipinski definition) is 0. The second kappa shape index (κ2) is 3.75. The first-order chi connectivity index (χ1) is 5.60. The summed E-state index contributed by atoms with van der Waals surface area (Å²) in [6.07, 6.45) is -10.3. The highest BCUT2D eigenvalue weighted by molar-refractivity contribution is 5.03. The van der Waals surface area contributed by atoms with Gasteiger partial charge in [-0.3, -0.25) is 0 Å². The van der Waals surface area contributed by atoms with E-state index in [1.54, 1.807) is 0 Å². The summed E-state index contributed by atoms with van der Waals surface area (Å²) in [5.74, 6) is -3.85. The van der Waals surface area contributed by atoms with Crippen molar-refractivity contribution < 1.29 is 26.3 Å². The van der Waals surface area contributed by atoms with Crippen molar-refractivity contribution in [2.45, 2.75) is 32.6 Å². The lowest BCUT2D eigenvalue weighted by molar-refractivity contribution is -0.199. The molecule has 0 bridgehead atoms. The quantitative estimate of drug-likeness (QED) is 0.605. The highest BCUT2D eigenvalue weighted by atomic mass is 19.4. The first-order valence-corrected chi connectivity index (χ1v) is 3.60. The van der Waals surface area contributed by atoms with Crippen LogP contribution in [0.15, 0.2) is 0 Å². The maximum atomic E-state index is 12.0. The lowest BCUT2D eigenvalue weighted by atomic mass is 9.90. The molecule has 0 aromatic heterocycles. The molecule has 0 saturated carbocycles. The third kappa shape index (κ3) is 3.44. The van der Waals surface area contributed by atoms with Crippen LogP contribution < -0.4 is 0 Å². The van der Waals surface area contributed by atoms with Gasteiger partial charge in [0.15, 0.2) is 0 Å². The molecule has 1 atom stereocenters. The summed E-state index contributed by atoms with van der Waals surface area (Å²) >= 11 is 0. The van der Waals surface area contributed by atoms with Crippen LogP contribution >= 0.6 is 0 Å². The molecule has 79 valence electrons. The highest BCUT2D eigenvalue weighted by Gasteiger charge is 2.52. The maximum absolute atomic E-state index is 12.0. The summed E-state index contributed by atoms with van der Waals surface area (Å²) in [5.41, 5.74) is 0. The van der Waals surface area contributed by atoms with Gasteiger partial charge in [0.2, 0.25) is 0 Å². The van der Waals surface area contributed by atoms with Crippen LogP contribution in [-0.2, 0) is 0 Å². The minimum absolute atomic E-state index is 0.520. The smallest absolute Gasteiger partial charge is 0.171 e. The molecular formula is C7H9F6. The fourth-order valence-electron chi connectivity index (χ4n) is 0.950. The Labute approximate surface area is 71.9 Å². The van der Waals surface area contributed by atoms with Gasteiger partial charge in [-0.1, -0.05) is 13.8 Å². The van der Waals surface area contributed by atoms with Gasteiger partial charge >= 0.3 is 12.4 Å². The summed E-state index contributed by atoms with van der Waals surface area (Å²) in [4.78, 5) is 0. The first-order valence-electron chi connectivity index (χ1n) is 3.60. The molecule has 0 aromatic rings. The summed E-state index contributed by atoms with van der Waals surface area (Å²) < 4.78 is 71.6. The van der Waals surface area contributed by atoms with Gasteiger partial charge in [0.25, 0.3) is 0 Å². The van der Waals surface area contributed by atoms with Crippen LogP contribution in [0.4, 0.5) is 26.3 Å². The molecule has 0 unspecified atom stereocenters. The second-order valence-corrected chi connectivity index (χ2v) is 2.64. The molecule has 0 aromatic carbocycles. The number of rotatable bonds is 2. The molecule has 0 aliphatic heterocycles. The lowest BCUT2D eigenvalue weighted by Gasteiger charge is -2.26. The zero-order valence-corrected chi connectivity index (χ0v) is 7.05. The van der Waals surface area contributed by atoms with E-state index in [9.17, 15) is 26.3 Å². The maximum Gasteiger partial charge on any atom is 0.395 e. The van der Waals surface area contributed by atoms with Crippen molar-refractivity contribution in [1.82, 2.24) is 0 Å². The zero-order chi connectivity index (χ0) is 10.9. The van der Waals surface area contributed by atoms with E-state index in [-0.39, 0.29) is 0 Å². The van der Waals surface area contributed by atoms with Gasteiger partial charge in [0.1, 0.15) is 0 Å². The Morgan fingerprint density at radius 2 is 1.46 bits per heavy atom. The fourth-order valence-corrected chi connectivity index (χ4v) is 0.950. The van der Waals surface area contributed by atoms with Crippen molar-refractivity contribution in [1.29, 1.82) is 0 Å². The molecule has 0 heterocycles. The molecule has 0 N–H and O–H groups in total. The van der Waals surface area contributed by atoms with Crippen LogP contribution in [-0.4, -0.2) is 12.4 Å². The van der Waals surface area contributed by atoms with Crippen LogP contribution in [0.25, 0.3) is 0 Å². The van der Waals surface area contributed by atoms with Gasteiger partial charge in [0, 0.05) is 0 Å². The van der Waals surface area contributed by atoms with Crippen molar-refractivity contribution >= 4 is 0 Å². The van der Waals surface area contributed by atoms with E-state index in [1.165, 1.54) is 0 Å². The molecule has 0 aliphatic rings. The zero-order valence-electron chi connectivity index (χ0n) is 7.05. The average molecular weight is 207 g/mol. The van der Waals surface area contributed by atoms with Gasteiger partial charge in [-0.25, -0.2) is 0 Å². The molecular weight excluding hydrogens is 198 g/mol. The van der Waals surface area contributed by atoms with Gasteiger partial charge in [0.05, 0.1) is 11.8 Å². The Kier molecular flexibility index (Phi) is 3.63. The van der Waals surface area contributed by atoms with Crippen LogP contribution in [0.2, 0.25) is 0 Å². The van der Waals surface area contributed by atoms with E-state index in [0.29, 0.717) is 6.92 Å². The Morgan fingerprint density at radius 1 is 1.08 bits per heavy atom. The highest BCUT2D eigenvalue weighted by Crippen LogP contribution is 2.43. The SMILES string of the molecule is CC[C]([C@@H](C)C(F)(F)F)C(F)(F)F. The van der Waals surface area contributed by atoms with Crippen LogP contribution in [0.1, 0.15) is 20.3 Å². The van der Waals surface area contributed by atoms with Gasteiger partial charge < -0.3 is 0 Å². The van der Waals surface area contributed by atoms with E-state index < -0.39 is 30.6 Å². The normalized spacial score (nSPS) is 16.4. The molecule has 0 amide bonds. The van der Waals surface area contributed by atoms with Crippen LogP contribution in [0, 0.1) is 11.8 Å². The molecule has 0 aliphatic carbocycles. The minimum atomic E-state index is -4.86. The fraction of sp³-hybridized carbons (Fsp3) is 0.857. The van der Waals surface area contributed by atoms with E-state index in [1.807, 2.05) is 0 Å². The summed E-state index contributed by atoms with van der Waals surface area (Å²) in [7, 11) is 0. The largest absolute Gasteiger partial charge is 0.395 e. The molecule has 0 fully saturated rings. The summed E-state index contributed by atoms with van der Waals surface area (Å²) in [6, 6.07) is 0. The van der Waals surface area contributed by atoms with Crippen molar-refractivity contribution in [2.75, 3.05) is 0 Å². The minimum Gasteiger partial charge on any atom is -0.171 e. The second-order valence-electron chi connectivity index (χ2n) is 2.64. The van der Waals surface area contributed by atoms with Crippen molar-refractivity contribution in [3.63, 3.8) is 0 Å². The molecule has 0 spiro atoms. The molecule has 13 heavy (non-hydrogen) atoms. The van der Waals surface area contributed by atoms with E-state index in [4.69, 9.17) is 0 Å². The van der Waals surface area contributed by atoms with E-state index in [2.05, 4.69) is 0 Å². The first kappa shape index (κ1) is 12.6. The molecule has 1 radical (unpaired) electrons. The Morgan fingerprint density at radius 3 is 1.54 bits per heavy atom. The Balaban J connectivity index is 4.61. The number of halogens is 6. The molecule has 6 heteroatoms. The monoisotopic (exact) mass is 207 g/mol. The molecule has 0 rings (SSSR count). The Hall–Kier alpha value is -0.420. The van der Waals surface area contributed by atoms with Crippen LogP contribution in [0.3, 0.4) is 0 Å². The lowest BCUT2D eigenvalue weighted by Crippen LogP contribution is -2.34. The number of alkyl halides is 6. The standard InChI is InChI=1S/C7H9F6/c1-3-5(7(11,12)13)4(2)6(8,9)10/h4H,3H2,1-2H3/t4-/m1/s1. The number of hydrogen-bond donors (Lipinski definition) is 0. The summed E-state index contributed by atoms with van der Waals surface area (Å²) in [6.45, 7) is 1.58. The average Bonchev–Trinajstić information content (AvgIpc) is 1.83. The van der Waals surface area contributed by atoms with Gasteiger partial charge in [-0.05, 0) is 6.42 Å². The van der Waals surface area contributed by atoms with Crippen molar-refractivity contribution in [2.24, 2.45) is 5.92 Å². The van der Waals surface area contributed by atoms with Gasteiger partial charge in [-0.2, -0.15) is 26.3 Å². The molecule has 0 saturated heterocycles. The van der Waals surface area contributed by atoms with Crippen LogP contribution in [0.5, 0.6) is 0 Å².